The van der Waals surface area contributed by atoms with Gasteiger partial charge in [0, 0.05) is 38.3 Å². The normalized spacial score (nSPS) is 22.2. The van der Waals surface area contributed by atoms with Gasteiger partial charge in [-0.05, 0) is 43.5 Å². The lowest BCUT2D eigenvalue weighted by Gasteiger charge is -2.36. The van der Waals surface area contributed by atoms with Crippen LogP contribution >= 0.6 is 0 Å². The highest BCUT2D eigenvalue weighted by atomic mass is 19.2. The molecule has 4 rings (SSSR count). The van der Waals surface area contributed by atoms with Crippen LogP contribution < -0.4 is 0 Å². The maximum atomic E-state index is 13.4. The highest BCUT2D eigenvalue weighted by Crippen LogP contribution is 2.23. The molecule has 1 aromatic heterocycles. The van der Waals surface area contributed by atoms with Gasteiger partial charge in [0.05, 0.1) is 18.9 Å². The number of halogens is 2. The zero-order valence-electron chi connectivity index (χ0n) is 15.4. The average molecular weight is 377 g/mol. The molecule has 0 saturated carbocycles. The van der Waals surface area contributed by atoms with Crippen molar-refractivity contribution in [3.05, 3.63) is 41.8 Å². The van der Waals surface area contributed by atoms with Gasteiger partial charge in [0.2, 0.25) is 5.89 Å². The monoisotopic (exact) mass is 377 g/mol. The maximum Gasteiger partial charge on any atom is 0.226 e. The summed E-state index contributed by atoms with van der Waals surface area (Å²) in [6.07, 6.45) is 4.05. The van der Waals surface area contributed by atoms with Crippen LogP contribution in [0, 0.1) is 17.6 Å². The Kier molecular flexibility index (Phi) is 5.80. The minimum Gasteiger partial charge on any atom is -0.444 e. The second-order valence-corrected chi connectivity index (χ2v) is 7.43. The van der Waals surface area contributed by atoms with Gasteiger partial charge in [0.1, 0.15) is 6.26 Å². The van der Waals surface area contributed by atoms with Gasteiger partial charge in [-0.15, -0.1) is 0 Å². The third-order valence-electron chi connectivity index (χ3n) is 5.33. The number of aromatic nitrogens is 1. The molecule has 2 fully saturated rings. The Hall–Kier alpha value is -1.83. The largest absolute Gasteiger partial charge is 0.444 e. The van der Waals surface area contributed by atoms with Crippen molar-refractivity contribution >= 4 is 0 Å². The topological polar surface area (TPSA) is 41.7 Å². The van der Waals surface area contributed by atoms with Gasteiger partial charge in [0.15, 0.2) is 11.6 Å². The van der Waals surface area contributed by atoms with Crippen LogP contribution in [0.5, 0.6) is 0 Å². The van der Waals surface area contributed by atoms with E-state index in [4.69, 9.17) is 9.15 Å². The summed E-state index contributed by atoms with van der Waals surface area (Å²) in [6.45, 7) is 7.66. The maximum absolute atomic E-state index is 13.4. The standard InChI is InChI=1S/C20H25F2N3O2/c21-18-4-3-16(10-19(18)22)20-23-17(14-27-20)13-25-5-1-2-15(12-25)11-24-6-8-26-9-7-24/h3-4,10,14-15H,1-2,5-9,11-13H2. The fourth-order valence-electron chi connectivity index (χ4n) is 3.96. The first-order valence-electron chi connectivity index (χ1n) is 9.59. The Morgan fingerprint density at radius 3 is 2.74 bits per heavy atom. The van der Waals surface area contributed by atoms with Crippen molar-refractivity contribution in [1.29, 1.82) is 0 Å². The summed E-state index contributed by atoms with van der Waals surface area (Å²) in [4.78, 5) is 9.36. The fourth-order valence-corrected chi connectivity index (χ4v) is 3.96. The molecule has 0 spiro atoms. The molecule has 146 valence electrons. The van der Waals surface area contributed by atoms with E-state index < -0.39 is 11.6 Å². The van der Waals surface area contributed by atoms with Gasteiger partial charge >= 0.3 is 0 Å². The number of likely N-dealkylation sites (tertiary alicyclic amines) is 1. The lowest BCUT2D eigenvalue weighted by atomic mass is 9.97. The van der Waals surface area contributed by atoms with E-state index in [-0.39, 0.29) is 0 Å². The Bertz CT molecular complexity index is 761. The lowest BCUT2D eigenvalue weighted by Crippen LogP contribution is -2.44. The predicted molar refractivity (Wildman–Crippen MR) is 97.1 cm³/mol. The molecule has 5 nitrogen and oxygen atoms in total. The van der Waals surface area contributed by atoms with Crippen molar-refractivity contribution in [2.24, 2.45) is 5.92 Å². The average Bonchev–Trinajstić information content (AvgIpc) is 3.13. The molecule has 1 atom stereocenters. The Morgan fingerprint density at radius 2 is 1.93 bits per heavy atom. The molecule has 0 amide bonds. The molecule has 3 heterocycles. The summed E-state index contributed by atoms with van der Waals surface area (Å²) in [5, 5.41) is 0. The fraction of sp³-hybridized carbons (Fsp3) is 0.550. The van der Waals surface area contributed by atoms with Crippen LogP contribution in [0.4, 0.5) is 8.78 Å². The van der Waals surface area contributed by atoms with Gasteiger partial charge in [0.25, 0.3) is 0 Å². The van der Waals surface area contributed by atoms with Crippen LogP contribution in [0.2, 0.25) is 0 Å². The van der Waals surface area contributed by atoms with Gasteiger partial charge in [-0.1, -0.05) is 0 Å². The van der Waals surface area contributed by atoms with Crippen LogP contribution in [-0.2, 0) is 11.3 Å². The molecule has 1 aromatic carbocycles. The van der Waals surface area contributed by atoms with Crippen LogP contribution in [0.25, 0.3) is 11.5 Å². The summed E-state index contributed by atoms with van der Waals surface area (Å²) >= 11 is 0. The smallest absolute Gasteiger partial charge is 0.226 e. The molecule has 0 aliphatic carbocycles. The van der Waals surface area contributed by atoms with Gasteiger partial charge in [-0.3, -0.25) is 9.80 Å². The molecule has 0 radical (unpaired) electrons. The second-order valence-electron chi connectivity index (χ2n) is 7.43. The highest BCUT2D eigenvalue weighted by Gasteiger charge is 2.24. The molecule has 7 heteroatoms. The summed E-state index contributed by atoms with van der Waals surface area (Å²) in [7, 11) is 0. The molecule has 1 unspecified atom stereocenters. The lowest BCUT2D eigenvalue weighted by molar-refractivity contribution is 0.0223. The summed E-state index contributed by atoms with van der Waals surface area (Å²) < 4.78 is 37.4. The molecule has 27 heavy (non-hydrogen) atoms. The van der Waals surface area contributed by atoms with Crippen molar-refractivity contribution in [1.82, 2.24) is 14.8 Å². The molecular weight excluding hydrogens is 352 g/mol. The Morgan fingerprint density at radius 1 is 1.07 bits per heavy atom. The Labute approximate surface area is 157 Å². The number of benzene rings is 1. The molecule has 0 bridgehead atoms. The highest BCUT2D eigenvalue weighted by molar-refractivity contribution is 5.53. The molecular formula is C20H25F2N3O2. The number of hydrogen-bond acceptors (Lipinski definition) is 5. The first-order valence-corrected chi connectivity index (χ1v) is 9.59. The summed E-state index contributed by atoms with van der Waals surface area (Å²) in [5.41, 5.74) is 1.27. The zero-order chi connectivity index (χ0) is 18.6. The Balaban J connectivity index is 1.34. The van der Waals surface area contributed by atoms with E-state index in [0.29, 0.717) is 23.9 Å². The molecule has 2 aliphatic rings. The number of morpholine rings is 1. The van der Waals surface area contributed by atoms with Crippen molar-refractivity contribution in [2.75, 3.05) is 45.9 Å². The number of hydrogen-bond donors (Lipinski definition) is 0. The second kappa shape index (κ2) is 8.46. The molecule has 0 N–H and O–H groups in total. The van der Waals surface area contributed by atoms with Crippen molar-refractivity contribution < 1.29 is 17.9 Å². The van der Waals surface area contributed by atoms with Gasteiger partial charge in [-0.2, -0.15) is 0 Å². The third-order valence-corrected chi connectivity index (χ3v) is 5.33. The van der Waals surface area contributed by atoms with Gasteiger partial charge in [-0.25, -0.2) is 13.8 Å². The van der Waals surface area contributed by atoms with Crippen molar-refractivity contribution in [2.45, 2.75) is 19.4 Å². The van der Waals surface area contributed by atoms with Crippen LogP contribution in [-0.4, -0.2) is 60.7 Å². The predicted octanol–water partition coefficient (Wildman–Crippen LogP) is 3.16. The minimum absolute atomic E-state index is 0.325. The molecule has 2 saturated heterocycles. The number of nitrogens with zero attached hydrogens (tertiary/aromatic N) is 3. The van der Waals surface area contributed by atoms with E-state index in [0.717, 1.165) is 63.8 Å². The first-order chi connectivity index (χ1) is 13.2. The number of ether oxygens (including phenoxy) is 1. The zero-order valence-corrected chi connectivity index (χ0v) is 15.4. The third kappa shape index (κ3) is 4.72. The van der Waals surface area contributed by atoms with E-state index in [2.05, 4.69) is 14.8 Å². The summed E-state index contributed by atoms with van der Waals surface area (Å²) in [5.74, 6) is -0.778. The van der Waals surface area contributed by atoms with E-state index in [1.165, 1.54) is 18.9 Å². The van der Waals surface area contributed by atoms with Crippen molar-refractivity contribution in [3.63, 3.8) is 0 Å². The SMILES string of the molecule is Fc1ccc(-c2nc(CN3CCCC(CN4CCOCC4)C3)co2)cc1F. The van der Waals surface area contributed by atoms with Crippen LogP contribution in [0.1, 0.15) is 18.5 Å². The van der Waals surface area contributed by atoms with E-state index >= 15 is 0 Å². The molecule has 2 aromatic rings. The van der Waals surface area contributed by atoms with Crippen molar-refractivity contribution in [3.8, 4) is 11.5 Å². The number of rotatable bonds is 5. The van der Waals surface area contributed by atoms with Gasteiger partial charge < -0.3 is 9.15 Å². The molecule has 2 aliphatic heterocycles. The van der Waals surface area contributed by atoms with E-state index in [1.54, 1.807) is 6.26 Å². The quantitative estimate of drug-likeness (QED) is 0.801. The first kappa shape index (κ1) is 18.5. The van der Waals surface area contributed by atoms with E-state index in [1.807, 2.05) is 0 Å². The number of piperidine rings is 1. The minimum atomic E-state index is -0.894. The number of oxazole rings is 1. The van der Waals surface area contributed by atoms with Crippen LogP contribution in [0.15, 0.2) is 28.9 Å². The summed E-state index contributed by atoms with van der Waals surface area (Å²) in [6, 6.07) is 3.69. The van der Waals surface area contributed by atoms with E-state index in [9.17, 15) is 8.78 Å². The van der Waals surface area contributed by atoms with Crippen LogP contribution in [0.3, 0.4) is 0 Å².